The van der Waals surface area contributed by atoms with Crippen LogP contribution >= 0.6 is 11.8 Å². The van der Waals surface area contributed by atoms with Crippen molar-refractivity contribution < 1.29 is 14.3 Å². The molecule has 5 nitrogen and oxygen atoms in total. The van der Waals surface area contributed by atoms with Crippen molar-refractivity contribution in [3.63, 3.8) is 0 Å². The van der Waals surface area contributed by atoms with Gasteiger partial charge in [0.15, 0.2) is 0 Å². The van der Waals surface area contributed by atoms with E-state index < -0.39 is 0 Å². The van der Waals surface area contributed by atoms with E-state index in [4.69, 9.17) is 9.47 Å². The Morgan fingerprint density at radius 2 is 2.03 bits per heavy atom. The standard InChI is InChI=1S/C23H30N2O3S/c1-17-15-25(11-12-28-17)16-20-6-4-5-19(13-20)14-24-23(26)18(2)29-22-9-7-21(27-3)8-10-22/h4-10,13,17-18H,11-12,14-16H2,1-3H3,(H,24,26). The highest BCUT2D eigenvalue weighted by molar-refractivity contribution is 8.00. The molecule has 2 unspecified atom stereocenters. The number of rotatable bonds is 8. The van der Waals surface area contributed by atoms with Gasteiger partial charge in [-0.05, 0) is 49.2 Å². The van der Waals surface area contributed by atoms with E-state index >= 15 is 0 Å². The first kappa shape index (κ1) is 21.7. The summed E-state index contributed by atoms with van der Waals surface area (Å²) in [6.45, 7) is 8.22. The number of hydrogen-bond donors (Lipinski definition) is 1. The molecule has 2 aromatic carbocycles. The van der Waals surface area contributed by atoms with Gasteiger partial charge in [0.25, 0.3) is 0 Å². The minimum atomic E-state index is -0.165. The molecule has 1 aliphatic rings. The zero-order chi connectivity index (χ0) is 20.6. The number of benzene rings is 2. The third-order valence-electron chi connectivity index (χ3n) is 4.93. The lowest BCUT2D eigenvalue weighted by Gasteiger charge is -2.31. The minimum absolute atomic E-state index is 0.0400. The Bertz CT molecular complexity index is 797. The molecule has 0 bridgehead atoms. The SMILES string of the molecule is COc1ccc(SC(C)C(=O)NCc2cccc(CN3CCOC(C)C3)c2)cc1. The van der Waals surface area contributed by atoms with Gasteiger partial charge in [0.2, 0.25) is 5.91 Å². The lowest BCUT2D eigenvalue weighted by Crippen LogP contribution is -2.40. The molecule has 0 spiro atoms. The summed E-state index contributed by atoms with van der Waals surface area (Å²) < 4.78 is 10.8. The summed E-state index contributed by atoms with van der Waals surface area (Å²) in [4.78, 5) is 16.0. The maximum Gasteiger partial charge on any atom is 0.233 e. The third kappa shape index (κ3) is 6.77. The monoisotopic (exact) mass is 414 g/mol. The maximum atomic E-state index is 12.5. The van der Waals surface area contributed by atoms with Crippen molar-refractivity contribution in [2.75, 3.05) is 26.8 Å². The topological polar surface area (TPSA) is 50.8 Å². The fraction of sp³-hybridized carbons (Fsp3) is 0.435. The van der Waals surface area contributed by atoms with Gasteiger partial charge in [-0.1, -0.05) is 24.3 Å². The number of thioether (sulfide) groups is 1. The Labute approximate surface area is 177 Å². The second-order valence-electron chi connectivity index (χ2n) is 7.39. The van der Waals surface area contributed by atoms with Crippen LogP contribution in [0, 0.1) is 0 Å². The molecule has 1 saturated heterocycles. The molecule has 2 aromatic rings. The minimum Gasteiger partial charge on any atom is -0.497 e. The van der Waals surface area contributed by atoms with Crippen LogP contribution in [0.15, 0.2) is 53.4 Å². The van der Waals surface area contributed by atoms with E-state index in [0.29, 0.717) is 6.54 Å². The van der Waals surface area contributed by atoms with Gasteiger partial charge in [-0.25, -0.2) is 0 Å². The predicted octanol–water partition coefficient (Wildman–Crippen LogP) is 3.71. The van der Waals surface area contributed by atoms with Gasteiger partial charge in [0, 0.05) is 31.1 Å². The number of morpholine rings is 1. The molecule has 6 heteroatoms. The second kappa shape index (κ2) is 10.7. The van der Waals surface area contributed by atoms with Crippen molar-refractivity contribution in [3.05, 3.63) is 59.7 Å². The normalized spacial score (nSPS) is 18.2. The summed E-state index contributed by atoms with van der Waals surface area (Å²) in [6, 6.07) is 16.2. The molecule has 156 valence electrons. The lowest BCUT2D eigenvalue weighted by atomic mass is 10.1. The molecule has 1 heterocycles. The first-order valence-corrected chi connectivity index (χ1v) is 10.9. The average molecular weight is 415 g/mol. The summed E-state index contributed by atoms with van der Waals surface area (Å²) in [5, 5.41) is 2.90. The summed E-state index contributed by atoms with van der Waals surface area (Å²) in [5.74, 6) is 0.857. The second-order valence-corrected chi connectivity index (χ2v) is 8.80. The molecule has 1 aliphatic heterocycles. The highest BCUT2D eigenvalue weighted by Gasteiger charge is 2.17. The number of carbonyl (C=O) groups excluding carboxylic acids is 1. The molecule has 1 amide bonds. The van der Waals surface area contributed by atoms with E-state index in [-0.39, 0.29) is 17.3 Å². The number of nitrogens with zero attached hydrogens (tertiary/aromatic N) is 1. The fourth-order valence-corrected chi connectivity index (χ4v) is 4.27. The van der Waals surface area contributed by atoms with E-state index in [0.717, 1.165) is 42.4 Å². The number of methoxy groups -OCH3 is 1. The molecule has 0 saturated carbocycles. The largest absolute Gasteiger partial charge is 0.497 e. The molecule has 2 atom stereocenters. The summed E-state index contributed by atoms with van der Waals surface area (Å²) in [5.41, 5.74) is 2.39. The van der Waals surface area contributed by atoms with Crippen molar-refractivity contribution >= 4 is 17.7 Å². The number of hydrogen-bond acceptors (Lipinski definition) is 5. The number of nitrogens with one attached hydrogen (secondary N) is 1. The van der Waals surface area contributed by atoms with Crippen LogP contribution in [0.3, 0.4) is 0 Å². The number of amides is 1. The number of ether oxygens (including phenoxy) is 2. The van der Waals surface area contributed by atoms with Crippen LogP contribution in [0.5, 0.6) is 5.75 Å². The van der Waals surface area contributed by atoms with Crippen LogP contribution in [-0.2, 0) is 22.6 Å². The highest BCUT2D eigenvalue weighted by atomic mass is 32.2. The highest BCUT2D eigenvalue weighted by Crippen LogP contribution is 2.25. The van der Waals surface area contributed by atoms with E-state index in [9.17, 15) is 4.79 Å². The maximum absolute atomic E-state index is 12.5. The van der Waals surface area contributed by atoms with Gasteiger partial charge in [-0.15, -0.1) is 11.8 Å². The summed E-state index contributed by atoms with van der Waals surface area (Å²) in [7, 11) is 1.65. The molecule has 1 fully saturated rings. The van der Waals surface area contributed by atoms with Crippen molar-refractivity contribution in [1.82, 2.24) is 10.2 Å². The van der Waals surface area contributed by atoms with Crippen molar-refractivity contribution in [1.29, 1.82) is 0 Å². The fourth-order valence-electron chi connectivity index (χ4n) is 3.38. The summed E-state index contributed by atoms with van der Waals surface area (Å²) >= 11 is 1.55. The van der Waals surface area contributed by atoms with Crippen LogP contribution < -0.4 is 10.1 Å². The van der Waals surface area contributed by atoms with Crippen molar-refractivity contribution in [3.8, 4) is 5.75 Å². The Balaban J connectivity index is 1.48. The van der Waals surface area contributed by atoms with Gasteiger partial charge >= 0.3 is 0 Å². The molecule has 29 heavy (non-hydrogen) atoms. The van der Waals surface area contributed by atoms with E-state index in [2.05, 4.69) is 41.4 Å². The molecule has 0 aliphatic carbocycles. The Morgan fingerprint density at radius 3 is 2.76 bits per heavy atom. The van der Waals surface area contributed by atoms with Crippen LogP contribution in [0.4, 0.5) is 0 Å². The number of carbonyl (C=O) groups is 1. The van der Waals surface area contributed by atoms with Gasteiger partial charge in [0.05, 0.1) is 25.1 Å². The lowest BCUT2D eigenvalue weighted by molar-refractivity contribution is -0.120. The molecular weight excluding hydrogens is 384 g/mol. The molecule has 3 rings (SSSR count). The van der Waals surface area contributed by atoms with Gasteiger partial charge in [-0.3, -0.25) is 9.69 Å². The zero-order valence-corrected chi connectivity index (χ0v) is 18.2. The van der Waals surface area contributed by atoms with Crippen LogP contribution in [0.1, 0.15) is 25.0 Å². The smallest absolute Gasteiger partial charge is 0.233 e. The Morgan fingerprint density at radius 1 is 1.28 bits per heavy atom. The first-order chi connectivity index (χ1) is 14.0. The average Bonchev–Trinajstić information content (AvgIpc) is 2.73. The van der Waals surface area contributed by atoms with E-state index in [1.165, 1.54) is 5.56 Å². The van der Waals surface area contributed by atoms with Gasteiger partial charge < -0.3 is 14.8 Å². The quantitative estimate of drug-likeness (QED) is 0.668. The summed E-state index contributed by atoms with van der Waals surface area (Å²) in [6.07, 6.45) is 0.288. The van der Waals surface area contributed by atoms with E-state index in [1.54, 1.807) is 18.9 Å². The van der Waals surface area contributed by atoms with Crippen LogP contribution in [-0.4, -0.2) is 49.0 Å². The Hall–Kier alpha value is -2.02. The van der Waals surface area contributed by atoms with E-state index in [1.807, 2.05) is 31.2 Å². The molecule has 0 radical (unpaired) electrons. The zero-order valence-electron chi connectivity index (χ0n) is 17.4. The van der Waals surface area contributed by atoms with Gasteiger partial charge in [-0.2, -0.15) is 0 Å². The van der Waals surface area contributed by atoms with Crippen molar-refractivity contribution in [2.45, 2.75) is 43.2 Å². The first-order valence-electron chi connectivity index (χ1n) is 10.0. The van der Waals surface area contributed by atoms with Crippen LogP contribution in [0.25, 0.3) is 0 Å². The van der Waals surface area contributed by atoms with Gasteiger partial charge in [0.1, 0.15) is 5.75 Å². The molecule has 0 aromatic heterocycles. The Kier molecular flexibility index (Phi) is 7.98. The van der Waals surface area contributed by atoms with Crippen molar-refractivity contribution in [2.24, 2.45) is 0 Å². The molecular formula is C23H30N2O3S. The molecule has 1 N–H and O–H groups in total. The van der Waals surface area contributed by atoms with Crippen LogP contribution in [0.2, 0.25) is 0 Å². The predicted molar refractivity (Wildman–Crippen MR) is 117 cm³/mol. The third-order valence-corrected chi connectivity index (χ3v) is 6.04.